The first-order chi connectivity index (χ1) is 13.0. The van der Waals surface area contributed by atoms with Crippen LogP contribution in [0.2, 0.25) is 0 Å². The molecule has 7 heteroatoms. The fourth-order valence-corrected chi connectivity index (χ4v) is 4.50. The molecule has 0 atom stereocenters. The normalized spacial score (nSPS) is 14.1. The highest BCUT2D eigenvalue weighted by Crippen LogP contribution is 2.26. The fraction of sp³-hybridized carbons (Fsp3) is 0.333. The summed E-state index contributed by atoms with van der Waals surface area (Å²) < 4.78 is 27.8. The summed E-state index contributed by atoms with van der Waals surface area (Å²) in [4.78, 5) is 12.5. The zero-order valence-corrected chi connectivity index (χ0v) is 18.9. The lowest BCUT2D eigenvalue weighted by Gasteiger charge is -2.20. The second-order valence-electron chi connectivity index (χ2n) is 7.75. The molecule has 0 unspecified atom stereocenters. The Morgan fingerprint density at radius 1 is 1.25 bits per heavy atom. The molecular weight excluding hydrogens is 440 g/mol. The van der Waals surface area contributed by atoms with E-state index in [1.807, 2.05) is 39.0 Å². The highest BCUT2D eigenvalue weighted by Gasteiger charge is 2.25. The van der Waals surface area contributed by atoms with Crippen LogP contribution in [-0.2, 0) is 10.0 Å². The maximum absolute atomic E-state index is 13.1. The predicted octanol–water partition coefficient (Wildman–Crippen LogP) is 4.05. The minimum Gasteiger partial charge on any atom is -0.352 e. The van der Waals surface area contributed by atoms with Crippen molar-refractivity contribution in [3.05, 3.63) is 69.9 Å². The van der Waals surface area contributed by atoms with Crippen molar-refractivity contribution in [1.82, 2.24) is 9.62 Å². The molecule has 1 N–H and O–H groups in total. The Morgan fingerprint density at radius 2 is 1.96 bits per heavy atom. The number of halogens is 1. The SMILES string of the molecule is CN(CC1=CC=CC=C=C1)S(=O)(=O)c1cc(C(=O)NCC(C)(C)C)ccc1Br. The van der Waals surface area contributed by atoms with Crippen molar-refractivity contribution in [3.63, 3.8) is 0 Å². The minimum atomic E-state index is -3.80. The Hall–Kier alpha value is -1.92. The number of hydrogen-bond donors (Lipinski definition) is 1. The van der Waals surface area contributed by atoms with E-state index in [0.29, 0.717) is 16.6 Å². The van der Waals surface area contributed by atoms with E-state index in [0.717, 1.165) is 5.57 Å². The van der Waals surface area contributed by atoms with Crippen molar-refractivity contribution in [1.29, 1.82) is 0 Å². The van der Waals surface area contributed by atoms with Gasteiger partial charge in [0, 0.05) is 30.2 Å². The molecule has 1 aliphatic rings. The second-order valence-corrected chi connectivity index (χ2v) is 10.6. The Labute approximate surface area is 175 Å². The van der Waals surface area contributed by atoms with Gasteiger partial charge in [-0.05, 0) is 57.3 Å². The third-order valence-electron chi connectivity index (χ3n) is 3.95. The summed E-state index contributed by atoms with van der Waals surface area (Å²) in [5, 5.41) is 2.84. The van der Waals surface area contributed by atoms with Gasteiger partial charge in [0.25, 0.3) is 5.91 Å². The van der Waals surface area contributed by atoms with Crippen molar-refractivity contribution in [2.75, 3.05) is 20.1 Å². The molecule has 0 bridgehead atoms. The van der Waals surface area contributed by atoms with Gasteiger partial charge in [-0.15, -0.1) is 5.73 Å². The van der Waals surface area contributed by atoms with Crippen LogP contribution < -0.4 is 5.32 Å². The monoisotopic (exact) mass is 464 g/mol. The maximum atomic E-state index is 13.1. The van der Waals surface area contributed by atoms with Crippen LogP contribution in [0.3, 0.4) is 0 Å². The molecule has 28 heavy (non-hydrogen) atoms. The molecule has 0 radical (unpaired) electrons. The first-order valence-corrected chi connectivity index (χ1v) is 11.1. The molecule has 0 aliphatic heterocycles. The number of sulfonamides is 1. The van der Waals surface area contributed by atoms with Crippen LogP contribution >= 0.6 is 15.9 Å². The van der Waals surface area contributed by atoms with Gasteiger partial charge in [-0.3, -0.25) is 4.79 Å². The van der Waals surface area contributed by atoms with Gasteiger partial charge in [0.1, 0.15) is 0 Å². The summed E-state index contributed by atoms with van der Waals surface area (Å²) in [6.07, 6.45) is 9.01. The van der Waals surface area contributed by atoms with Crippen LogP contribution in [0.5, 0.6) is 0 Å². The van der Waals surface area contributed by atoms with Crippen molar-refractivity contribution < 1.29 is 13.2 Å². The highest BCUT2D eigenvalue weighted by atomic mass is 79.9. The molecular formula is C21H25BrN2O3S. The molecule has 1 amide bonds. The predicted molar refractivity (Wildman–Crippen MR) is 116 cm³/mol. The van der Waals surface area contributed by atoms with E-state index in [9.17, 15) is 13.2 Å². The maximum Gasteiger partial charge on any atom is 0.251 e. The van der Waals surface area contributed by atoms with E-state index < -0.39 is 10.0 Å². The van der Waals surface area contributed by atoms with Crippen LogP contribution in [0, 0.1) is 5.41 Å². The Bertz CT molecular complexity index is 979. The van der Waals surface area contributed by atoms with E-state index >= 15 is 0 Å². The third-order valence-corrected chi connectivity index (χ3v) is 6.75. The van der Waals surface area contributed by atoms with E-state index in [2.05, 4.69) is 27.0 Å². The molecule has 0 saturated carbocycles. The molecule has 0 fully saturated rings. The highest BCUT2D eigenvalue weighted by molar-refractivity contribution is 9.10. The van der Waals surface area contributed by atoms with Gasteiger partial charge < -0.3 is 5.32 Å². The van der Waals surface area contributed by atoms with Crippen molar-refractivity contribution in [2.45, 2.75) is 25.7 Å². The lowest BCUT2D eigenvalue weighted by atomic mass is 9.97. The summed E-state index contributed by atoms with van der Waals surface area (Å²) in [6.45, 7) is 6.73. The van der Waals surface area contributed by atoms with Crippen LogP contribution in [0.4, 0.5) is 0 Å². The van der Waals surface area contributed by atoms with E-state index in [4.69, 9.17) is 0 Å². The first kappa shape index (κ1) is 22.4. The van der Waals surface area contributed by atoms with Crippen LogP contribution in [0.15, 0.2) is 69.3 Å². The lowest BCUT2D eigenvalue weighted by Crippen LogP contribution is -2.33. The Balaban J connectivity index is 2.27. The molecule has 1 aromatic carbocycles. The number of hydrogen-bond acceptors (Lipinski definition) is 3. The summed E-state index contributed by atoms with van der Waals surface area (Å²) in [5.74, 6) is -0.300. The molecule has 0 heterocycles. The van der Waals surface area contributed by atoms with Gasteiger partial charge in [-0.2, -0.15) is 4.31 Å². The standard InChI is InChI=1S/C21H25BrN2O3S/c1-21(2,3)15-23-20(25)17-11-12-18(22)19(13-17)28(26,27)24(4)14-16-9-7-5-6-8-10-16/h5-7,9-13H,14-15H2,1-4H3,(H,23,25). The van der Waals surface area contributed by atoms with E-state index in [1.165, 1.54) is 17.4 Å². The summed E-state index contributed by atoms with van der Waals surface area (Å²) in [6, 6.07) is 4.60. The zero-order valence-electron chi connectivity index (χ0n) is 16.5. The molecule has 2 rings (SSSR count). The van der Waals surface area contributed by atoms with Crippen LogP contribution in [0.1, 0.15) is 31.1 Å². The number of carbonyl (C=O) groups excluding carboxylic acids is 1. The number of likely N-dealkylation sites (N-methyl/N-ethyl adjacent to an activating group) is 1. The molecule has 0 spiro atoms. The topological polar surface area (TPSA) is 66.5 Å². The number of allylic oxidation sites excluding steroid dienone is 3. The van der Waals surface area contributed by atoms with Gasteiger partial charge in [0.05, 0.1) is 4.90 Å². The molecule has 1 aromatic rings. The molecule has 0 aromatic heterocycles. The summed E-state index contributed by atoms with van der Waals surface area (Å²) in [7, 11) is -2.28. The van der Waals surface area contributed by atoms with Crippen molar-refractivity contribution in [3.8, 4) is 0 Å². The summed E-state index contributed by atoms with van der Waals surface area (Å²) in [5.41, 5.74) is 4.02. The Morgan fingerprint density at radius 3 is 2.64 bits per heavy atom. The molecule has 150 valence electrons. The average Bonchev–Trinajstić information content (AvgIpc) is 2.88. The average molecular weight is 465 g/mol. The first-order valence-electron chi connectivity index (χ1n) is 8.83. The molecule has 0 saturated heterocycles. The van der Waals surface area contributed by atoms with Gasteiger partial charge in [0.2, 0.25) is 10.0 Å². The van der Waals surface area contributed by atoms with Crippen molar-refractivity contribution in [2.24, 2.45) is 5.41 Å². The quantitative estimate of drug-likeness (QED) is 0.645. The number of benzene rings is 1. The van der Waals surface area contributed by atoms with Crippen molar-refractivity contribution >= 4 is 31.9 Å². The minimum absolute atomic E-state index is 0.0581. The number of carbonyl (C=O) groups is 1. The van der Waals surface area contributed by atoms with Gasteiger partial charge in [0.15, 0.2) is 0 Å². The van der Waals surface area contributed by atoms with Gasteiger partial charge in [-0.1, -0.05) is 39.0 Å². The van der Waals surface area contributed by atoms with Crippen LogP contribution in [0.25, 0.3) is 0 Å². The molecule has 5 nitrogen and oxygen atoms in total. The number of rotatable bonds is 6. The largest absolute Gasteiger partial charge is 0.352 e. The number of amides is 1. The van der Waals surface area contributed by atoms with Gasteiger partial charge >= 0.3 is 0 Å². The fourth-order valence-electron chi connectivity index (χ4n) is 2.39. The van der Waals surface area contributed by atoms with Crippen LogP contribution in [-0.4, -0.2) is 38.8 Å². The smallest absolute Gasteiger partial charge is 0.251 e. The second kappa shape index (κ2) is 9.05. The number of nitrogens with zero attached hydrogens (tertiary/aromatic N) is 1. The molecule has 1 aliphatic carbocycles. The Kier molecular flexibility index (Phi) is 7.23. The van der Waals surface area contributed by atoms with Gasteiger partial charge in [-0.25, -0.2) is 8.42 Å². The number of nitrogens with one attached hydrogen (secondary N) is 1. The lowest BCUT2D eigenvalue weighted by molar-refractivity contribution is 0.0939. The third kappa shape index (κ3) is 6.04. The van der Waals surface area contributed by atoms with E-state index in [-0.39, 0.29) is 22.8 Å². The zero-order chi connectivity index (χ0) is 20.9. The summed E-state index contributed by atoms with van der Waals surface area (Å²) >= 11 is 3.30. The van der Waals surface area contributed by atoms with E-state index in [1.54, 1.807) is 24.3 Å².